The van der Waals surface area contributed by atoms with E-state index in [1.807, 2.05) is 24.3 Å². The van der Waals surface area contributed by atoms with Gasteiger partial charge in [-0.25, -0.2) is 0 Å². The van der Waals surface area contributed by atoms with E-state index in [-0.39, 0.29) is 35.1 Å². The van der Waals surface area contributed by atoms with Gasteiger partial charge in [0.15, 0.2) is 0 Å². The van der Waals surface area contributed by atoms with Crippen molar-refractivity contribution in [3.8, 4) is 6.07 Å². The number of rotatable bonds is 2. The SMILES string of the molecule is C[C@H]1NC(=O)[C@]2(C)CC[C@@H](c3ccc(C#N)cc3Cl)[C@H](c3ccc(Cl)cc3)[C@H]12. The Kier molecular flexibility index (Phi) is 4.89. The summed E-state index contributed by atoms with van der Waals surface area (Å²) < 4.78 is 0. The lowest BCUT2D eigenvalue weighted by Crippen LogP contribution is -2.42. The lowest BCUT2D eigenvalue weighted by molar-refractivity contribution is -0.129. The number of nitrogens with one attached hydrogen (secondary N) is 1. The van der Waals surface area contributed by atoms with Crippen molar-refractivity contribution < 1.29 is 4.79 Å². The van der Waals surface area contributed by atoms with Crippen molar-refractivity contribution in [3.05, 3.63) is 69.2 Å². The van der Waals surface area contributed by atoms with Gasteiger partial charge in [-0.1, -0.05) is 48.3 Å². The summed E-state index contributed by atoms with van der Waals surface area (Å²) in [4.78, 5) is 12.8. The van der Waals surface area contributed by atoms with Crippen molar-refractivity contribution in [2.75, 3.05) is 0 Å². The summed E-state index contributed by atoms with van der Waals surface area (Å²) in [6.45, 7) is 4.19. The highest BCUT2D eigenvalue weighted by atomic mass is 35.5. The molecule has 4 rings (SSSR count). The highest BCUT2D eigenvalue weighted by Crippen LogP contribution is 2.59. The number of nitriles is 1. The van der Waals surface area contributed by atoms with Crippen LogP contribution in [0.15, 0.2) is 42.5 Å². The van der Waals surface area contributed by atoms with Crippen LogP contribution in [0.25, 0.3) is 0 Å². The molecule has 1 heterocycles. The molecule has 2 aromatic carbocycles. The number of hydrogen-bond donors (Lipinski definition) is 1. The molecule has 1 aliphatic heterocycles. The minimum Gasteiger partial charge on any atom is -0.353 e. The van der Waals surface area contributed by atoms with Gasteiger partial charge in [-0.3, -0.25) is 4.79 Å². The van der Waals surface area contributed by atoms with Gasteiger partial charge in [0.05, 0.1) is 17.0 Å². The van der Waals surface area contributed by atoms with Gasteiger partial charge >= 0.3 is 0 Å². The second-order valence-electron chi connectivity index (χ2n) is 8.28. The van der Waals surface area contributed by atoms with E-state index in [1.165, 1.54) is 5.56 Å². The molecule has 144 valence electrons. The standard InChI is InChI=1S/C23H22Cl2N2O/c1-13-21-20(15-4-6-16(24)7-5-15)18(9-10-23(21,2)22(28)27-13)17-8-3-14(12-26)11-19(17)25/h3-8,11,13,18,20-21H,9-10H2,1-2H3,(H,27,28)/t13-,18+,20+,21+,23-/m1/s1. The fourth-order valence-corrected chi connectivity index (χ4v) is 5.85. The van der Waals surface area contributed by atoms with E-state index in [2.05, 4.69) is 37.4 Å². The molecule has 28 heavy (non-hydrogen) atoms. The average Bonchev–Trinajstić information content (AvgIpc) is 2.91. The van der Waals surface area contributed by atoms with Gasteiger partial charge in [0.1, 0.15) is 0 Å². The lowest BCUT2D eigenvalue weighted by atomic mass is 9.56. The number of halogens is 2. The van der Waals surface area contributed by atoms with E-state index < -0.39 is 0 Å². The van der Waals surface area contributed by atoms with Crippen molar-refractivity contribution >= 4 is 29.1 Å². The monoisotopic (exact) mass is 412 g/mol. The molecule has 2 fully saturated rings. The third-order valence-corrected chi connectivity index (χ3v) is 7.31. The van der Waals surface area contributed by atoms with Crippen LogP contribution in [0.2, 0.25) is 10.0 Å². The summed E-state index contributed by atoms with van der Waals surface area (Å²) >= 11 is 12.7. The zero-order valence-electron chi connectivity index (χ0n) is 15.9. The molecular weight excluding hydrogens is 391 g/mol. The van der Waals surface area contributed by atoms with Gasteiger partial charge < -0.3 is 5.32 Å². The Bertz CT molecular complexity index is 966. The molecular formula is C23H22Cl2N2O. The Morgan fingerprint density at radius 3 is 2.54 bits per heavy atom. The van der Waals surface area contributed by atoms with Crippen LogP contribution in [-0.4, -0.2) is 11.9 Å². The maximum Gasteiger partial charge on any atom is 0.226 e. The maximum absolute atomic E-state index is 12.8. The zero-order valence-corrected chi connectivity index (χ0v) is 17.4. The predicted molar refractivity (Wildman–Crippen MR) is 112 cm³/mol. The number of carbonyl (C=O) groups excluding carboxylic acids is 1. The van der Waals surface area contributed by atoms with Gasteiger partial charge in [-0.2, -0.15) is 5.26 Å². The lowest BCUT2D eigenvalue weighted by Gasteiger charge is -2.46. The van der Waals surface area contributed by atoms with Crippen molar-refractivity contribution in [3.63, 3.8) is 0 Å². The van der Waals surface area contributed by atoms with Crippen LogP contribution >= 0.6 is 23.2 Å². The van der Waals surface area contributed by atoms with Crippen LogP contribution in [0, 0.1) is 22.7 Å². The van der Waals surface area contributed by atoms with Crippen LogP contribution in [0.5, 0.6) is 0 Å². The van der Waals surface area contributed by atoms with E-state index in [0.717, 1.165) is 18.4 Å². The third-order valence-electron chi connectivity index (χ3n) is 6.73. The molecule has 1 saturated carbocycles. The molecule has 2 aromatic rings. The first kappa shape index (κ1) is 19.3. The predicted octanol–water partition coefficient (Wildman–Crippen LogP) is 5.67. The van der Waals surface area contributed by atoms with Gasteiger partial charge in [-0.15, -0.1) is 0 Å². The maximum atomic E-state index is 12.8. The molecule has 1 amide bonds. The second kappa shape index (κ2) is 7.10. The molecule has 5 heteroatoms. The first-order chi connectivity index (χ1) is 13.3. The van der Waals surface area contributed by atoms with E-state index in [1.54, 1.807) is 6.07 Å². The summed E-state index contributed by atoms with van der Waals surface area (Å²) in [7, 11) is 0. The topological polar surface area (TPSA) is 52.9 Å². The second-order valence-corrected chi connectivity index (χ2v) is 9.12. The number of benzene rings is 2. The normalized spacial score (nSPS) is 31.8. The van der Waals surface area contributed by atoms with Crippen LogP contribution in [0.4, 0.5) is 0 Å². The highest BCUT2D eigenvalue weighted by Gasteiger charge is 2.57. The Morgan fingerprint density at radius 1 is 1.18 bits per heavy atom. The van der Waals surface area contributed by atoms with Crippen molar-refractivity contribution in [1.29, 1.82) is 5.26 Å². The fraction of sp³-hybridized carbons (Fsp3) is 0.391. The van der Waals surface area contributed by atoms with E-state index in [0.29, 0.717) is 15.6 Å². The molecule has 0 spiro atoms. The highest BCUT2D eigenvalue weighted by molar-refractivity contribution is 6.31. The molecule has 2 aliphatic rings. The number of nitrogens with zero attached hydrogens (tertiary/aromatic N) is 1. The van der Waals surface area contributed by atoms with Gasteiger partial charge in [0.25, 0.3) is 0 Å². The fourth-order valence-electron chi connectivity index (χ4n) is 5.41. The Morgan fingerprint density at radius 2 is 1.89 bits per heavy atom. The molecule has 1 aliphatic carbocycles. The Labute approximate surface area is 175 Å². The van der Waals surface area contributed by atoms with Crippen LogP contribution in [0.1, 0.15) is 55.2 Å². The Balaban J connectivity index is 1.85. The van der Waals surface area contributed by atoms with Crippen LogP contribution in [-0.2, 0) is 4.79 Å². The first-order valence-electron chi connectivity index (χ1n) is 9.61. The summed E-state index contributed by atoms with van der Waals surface area (Å²) in [6, 6.07) is 15.7. The summed E-state index contributed by atoms with van der Waals surface area (Å²) in [6.07, 6.45) is 1.69. The zero-order chi connectivity index (χ0) is 20.1. The third kappa shape index (κ3) is 3.00. The Hall–Kier alpha value is -2.02. The molecule has 3 nitrogen and oxygen atoms in total. The van der Waals surface area contributed by atoms with Crippen LogP contribution < -0.4 is 5.32 Å². The van der Waals surface area contributed by atoms with Gasteiger partial charge in [-0.05, 0) is 67.0 Å². The van der Waals surface area contributed by atoms with Gasteiger partial charge in [0.2, 0.25) is 5.91 Å². The summed E-state index contributed by atoms with van der Waals surface area (Å²) in [5, 5.41) is 13.7. The molecule has 0 unspecified atom stereocenters. The molecule has 5 atom stereocenters. The molecule has 0 bridgehead atoms. The summed E-state index contributed by atoms with van der Waals surface area (Å²) in [5.41, 5.74) is 2.39. The van der Waals surface area contributed by atoms with Crippen molar-refractivity contribution in [2.45, 2.75) is 44.6 Å². The minimum atomic E-state index is -0.390. The largest absolute Gasteiger partial charge is 0.353 e. The minimum absolute atomic E-state index is 0.0816. The van der Waals surface area contributed by atoms with E-state index in [4.69, 9.17) is 23.2 Å². The molecule has 1 saturated heterocycles. The summed E-state index contributed by atoms with van der Waals surface area (Å²) in [5.74, 6) is 0.616. The number of carbonyl (C=O) groups is 1. The quantitative estimate of drug-likeness (QED) is 0.690. The average molecular weight is 413 g/mol. The molecule has 1 N–H and O–H groups in total. The number of hydrogen-bond acceptors (Lipinski definition) is 2. The van der Waals surface area contributed by atoms with E-state index in [9.17, 15) is 10.1 Å². The van der Waals surface area contributed by atoms with Crippen molar-refractivity contribution in [1.82, 2.24) is 5.32 Å². The molecule has 0 radical (unpaired) electrons. The first-order valence-corrected chi connectivity index (χ1v) is 10.4. The van der Waals surface area contributed by atoms with Crippen LogP contribution in [0.3, 0.4) is 0 Å². The smallest absolute Gasteiger partial charge is 0.226 e. The van der Waals surface area contributed by atoms with Crippen molar-refractivity contribution in [2.24, 2.45) is 11.3 Å². The number of fused-ring (bicyclic) bond motifs is 1. The molecule has 0 aromatic heterocycles. The number of amides is 1. The van der Waals surface area contributed by atoms with E-state index >= 15 is 0 Å². The van der Waals surface area contributed by atoms with Gasteiger partial charge in [0, 0.05) is 22.0 Å².